The van der Waals surface area contributed by atoms with Crippen LogP contribution in [0.5, 0.6) is 0 Å². The number of benzene rings is 2. The Morgan fingerprint density at radius 1 is 1.11 bits per heavy atom. The second-order valence-electron chi connectivity index (χ2n) is 5.04. The molecule has 1 aliphatic rings. The molecule has 0 aromatic heterocycles. The Morgan fingerprint density at radius 2 is 1.89 bits per heavy atom. The molecular weight excluding hydrogens is 239 g/mol. The summed E-state index contributed by atoms with van der Waals surface area (Å²) in [6, 6.07) is 12.8. The van der Waals surface area contributed by atoms with Crippen LogP contribution in [-0.4, -0.2) is 6.54 Å². The van der Waals surface area contributed by atoms with Crippen molar-refractivity contribution in [2.24, 2.45) is 0 Å². The van der Waals surface area contributed by atoms with E-state index in [1.165, 1.54) is 23.4 Å². The van der Waals surface area contributed by atoms with E-state index in [1.807, 2.05) is 18.2 Å². The Labute approximate surface area is 112 Å². The van der Waals surface area contributed by atoms with Gasteiger partial charge in [-0.1, -0.05) is 12.1 Å². The molecule has 0 saturated carbocycles. The predicted octanol–water partition coefficient (Wildman–Crippen LogP) is 3.36. The van der Waals surface area contributed by atoms with Crippen LogP contribution in [0.3, 0.4) is 0 Å². The van der Waals surface area contributed by atoms with E-state index in [0.717, 1.165) is 37.2 Å². The third-order valence-corrected chi connectivity index (χ3v) is 3.61. The molecule has 2 aromatic rings. The van der Waals surface area contributed by atoms with E-state index in [4.69, 9.17) is 5.73 Å². The first-order valence-electron chi connectivity index (χ1n) is 6.60. The molecule has 3 heteroatoms. The van der Waals surface area contributed by atoms with Gasteiger partial charge in [0.25, 0.3) is 0 Å². The lowest BCUT2D eigenvalue weighted by atomic mass is 10.0. The van der Waals surface area contributed by atoms with Crippen molar-refractivity contribution in [2.75, 3.05) is 17.2 Å². The summed E-state index contributed by atoms with van der Waals surface area (Å²) in [5.41, 5.74) is 10.4. The molecule has 1 aliphatic heterocycles. The second-order valence-corrected chi connectivity index (χ2v) is 5.04. The van der Waals surface area contributed by atoms with Crippen LogP contribution < -0.4 is 10.6 Å². The molecule has 0 amide bonds. The molecule has 1 heterocycles. The number of rotatable bonds is 2. The summed E-state index contributed by atoms with van der Waals surface area (Å²) >= 11 is 0. The van der Waals surface area contributed by atoms with Crippen molar-refractivity contribution in [3.05, 3.63) is 59.4 Å². The van der Waals surface area contributed by atoms with Gasteiger partial charge >= 0.3 is 0 Å². The van der Waals surface area contributed by atoms with Crippen LogP contribution in [0.15, 0.2) is 42.5 Å². The summed E-state index contributed by atoms with van der Waals surface area (Å²) in [6.45, 7) is 1.85. The number of aryl methyl sites for hydroxylation is 1. The number of nitrogens with zero attached hydrogens (tertiary/aromatic N) is 1. The fraction of sp³-hybridized carbons (Fsp3) is 0.250. The number of nitrogen functional groups attached to an aromatic ring is 1. The molecule has 2 nitrogen and oxygen atoms in total. The van der Waals surface area contributed by atoms with Gasteiger partial charge in [-0.2, -0.15) is 0 Å². The summed E-state index contributed by atoms with van der Waals surface area (Å²) in [6.07, 6.45) is 2.22. The van der Waals surface area contributed by atoms with Gasteiger partial charge in [0, 0.05) is 24.5 Å². The number of halogens is 1. The lowest BCUT2D eigenvalue weighted by Gasteiger charge is -2.31. The van der Waals surface area contributed by atoms with Gasteiger partial charge in [0.15, 0.2) is 0 Å². The topological polar surface area (TPSA) is 29.3 Å². The van der Waals surface area contributed by atoms with E-state index in [0.29, 0.717) is 0 Å². The fourth-order valence-corrected chi connectivity index (χ4v) is 2.67. The maximum absolute atomic E-state index is 12.9. The highest BCUT2D eigenvalue weighted by Gasteiger charge is 2.16. The van der Waals surface area contributed by atoms with Crippen molar-refractivity contribution in [3.63, 3.8) is 0 Å². The first-order valence-corrected chi connectivity index (χ1v) is 6.60. The second kappa shape index (κ2) is 4.92. The summed E-state index contributed by atoms with van der Waals surface area (Å²) in [7, 11) is 0. The molecule has 0 fully saturated rings. The maximum atomic E-state index is 12.9. The molecule has 0 aliphatic carbocycles. The molecule has 3 rings (SSSR count). The Balaban J connectivity index is 1.85. The average Bonchev–Trinajstić information content (AvgIpc) is 2.41. The lowest BCUT2D eigenvalue weighted by molar-refractivity contribution is 0.626. The van der Waals surface area contributed by atoms with Crippen molar-refractivity contribution in [1.82, 2.24) is 0 Å². The molecular formula is C16H17FN2. The predicted molar refractivity (Wildman–Crippen MR) is 76.6 cm³/mol. The van der Waals surface area contributed by atoms with Crippen LogP contribution in [0.1, 0.15) is 17.5 Å². The summed E-state index contributed by atoms with van der Waals surface area (Å²) in [5.74, 6) is -0.185. The van der Waals surface area contributed by atoms with E-state index < -0.39 is 0 Å². The summed E-state index contributed by atoms with van der Waals surface area (Å²) < 4.78 is 12.9. The zero-order chi connectivity index (χ0) is 13.2. The molecule has 0 spiro atoms. The molecule has 0 atom stereocenters. The summed E-state index contributed by atoms with van der Waals surface area (Å²) in [5, 5.41) is 0. The Kier molecular flexibility index (Phi) is 3.11. The maximum Gasteiger partial charge on any atom is 0.123 e. The fourth-order valence-electron chi connectivity index (χ4n) is 2.67. The van der Waals surface area contributed by atoms with Gasteiger partial charge in [-0.3, -0.25) is 0 Å². The van der Waals surface area contributed by atoms with Gasteiger partial charge in [-0.05, 0) is 54.3 Å². The molecule has 2 N–H and O–H groups in total. The number of hydrogen-bond acceptors (Lipinski definition) is 2. The third kappa shape index (κ3) is 2.55. The van der Waals surface area contributed by atoms with Crippen LogP contribution in [0.2, 0.25) is 0 Å². The van der Waals surface area contributed by atoms with E-state index >= 15 is 0 Å². The van der Waals surface area contributed by atoms with E-state index in [-0.39, 0.29) is 5.82 Å². The van der Waals surface area contributed by atoms with Crippen LogP contribution in [0.25, 0.3) is 0 Å². The molecule has 0 unspecified atom stereocenters. The molecule has 98 valence electrons. The van der Waals surface area contributed by atoms with Gasteiger partial charge in [-0.25, -0.2) is 4.39 Å². The molecule has 0 bridgehead atoms. The van der Waals surface area contributed by atoms with Crippen molar-refractivity contribution < 1.29 is 4.39 Å². The van der Waals surface area contributed by atoms with Gasteiger partial charge in [0.1, 0.15) is 5.82 Å². The minimum Gasteiger partial charge on any atom is -0.399 e. The van der Waals surface area contributed by atoms with E-state index in [2.05, 4.69) is 17.0 Å². The zero-order valence-electron chi connectivity index (χ0n) is 10.8. The van der Waals surface area contributed by atoms with E-state index in [1.54, 1.807) is 0 Å². The standard InChI is InChI=1S/C16H17FN2/c17-14-5-3-12(4-6-14)11-19-9-1-2-13-10-15(18)7-8-16(13)19/h3-8,10H,1-2,9,11,18H2. The molecule has 0 saturated heterocycles. The summed E-state index contributed by atoms with van der Waals surface area (Å²) in [4.78, 5) is 2.34. The Hall–Kier alpha value is -2.03. The van der Waals surface area contributed by atoms with Crippen LogP contribution in [-0.2, 0) is 13.0 Å². The van der Waals surface area contributed by atoms with Gasteiger partial charge in [-0.15, -0.1) is 0 Å². The van der Waals surface area contributed by atoms with Crippen LogP contribution in [0, 0.1) is 5.82 Å². The van der Waals surface area contributed by atoms with E-state index in [9.17, 15) is 4.39 Å². The number of fused-ring (bicyclic) bond motifs is 1. The number of nitrogens with two attached hydrogens (primary N) is 1. The SMILES string of the molecule is Nc1ccc2c(c1)CCCN2Cc1ccc(F)cc1. The number of hydrogen-bond donors (Lipinski definition) is 1. The first-order chi connectivity index (χ1) is 9.22. The quantitative estimate of drug-likeness (QED) is 0.835. The van der Waals surface area contributed by atoms with Crippen LogP contribution >= 0.6 is 0 Å². The van der Waals surface area contributed by atoms with Crippen molar-refractivity contribution >= 4 is 11.4 Å². The minimum absolute atomic E-state index is 0.185. The Morgan fingerprint density at radius 3 is 2.68 bits per heavy atom. The smallest absolute Gasteiger partial charge is 0.123 e. The zero-order valence-corrected chi connectivity index (χ0v) is 10.8. The number of anilines is 2. The van der Waals surface area contributed by atoms with Gasteiger partial charge in [0.05, 0.1) is 0 Å². The third-order valence-electron chi connectivity index (χ3n) is 3.61. The molecule has 19 heavy (non-hydrogen) atoms. The van der Waals surface area contributed by atoms with Gasteiger partial charge in [0.2, 0.25) is 0 Å². The van der Waals surface area contributed by atoms with Crippen molar-refractivity contribution in [1.29, 1.82) is 0 Å². The molecule has 2 aromatic carbocycles. The van der Waals surface area contributed by atoms with Gasteiger partial charge < -0.3 is 10.6 Å². The van der Waals surface area contributed by atoms with Crippen molar-refractivity contribution in [3.8, 4) is 0 Å². The highest BCUT2D eigenvalue weighted by Crippen LogP contribution is 2.29. The van der Waals surface area contributed by atoms with Crippen LogP contribution in [0.4, 0.5) is 15.8 Å². The monoisotopic (exact) mass is 256 g/mol. The molecule has 0 radical (unpaired) electrons. The highest BCUT2D eigenvalue weighted by molar-refractivity contribution is 5.61. The Bertz CT molecular complexity index is 578. The lowest BCUT2D eigenvalue weighted by Crippen LogP contribution is -2.28. The first kappa shape index (κ1) is 12.0. The largest absolute Gasteiger partial charge is 0.399 e. The van der Waals surface area contributed by atoms with Crippen molar-refractivity contribution in [2.45, 2.75) is 19.4 Å². The highest BCUT2D eigenvalue weighted by atomic mass is 19.1. The normalized spacial score (nSPS) is 14.3. The average molecular weight is 256 g/mol. The minimum atomic E-state index is -0.185.